The Kier molecular flexibility index (Phi) is 6.85. The summed E-state index contributed by atoms with van der Waals surface area (Å²) in [6.07, 6.45) is 3.74. The Balaban J connectivity index is 1.49. The van der Waals surface area contributed by atoms with Crippen LogP contribution in [0.15, 0.2) is 30.3 Å². The molecule has 0 aromatic heterocycles. The summed E-state index contributed by atoms with van der Waals surface area (Å²) in [5.74, 6) is 0.663. The third-order valence-corrected chi connectivity index (χ3v) is 5.94. The van der Waals surface area contributed by atoms with E-state index in [1.807, 2.05) is 6.07 Å². The van der Waals surface area contributed by atoms with Crippen molar-refractivity contribution in [2.24, 2.45) is 5.92 Å². The first-order valence-electron chi connectivity index (χ1n) is 10.2. The molecule has 0 amide bonds. The fraction of sp³-hybridized carbons (Fsp3) is 0.682. The lowest BCUT2D eigenvalue weighted by Gasteiger charge is -2.45. The summed E-state index contributed by atoms with van der Waals surface area (Å²) in [5.41, 5.74) is 1.40. The van der Waals surface area contributed by atoms with Crippen LogP contribution in [0.2, 0.25) is 0 Å². The molecule has 0 bridgehead atoms. The standard InChI is InChI=1S/C22H34N2O2/c1-22(2,24-13-15-26-16-14-24)18-23-12-6-9-20(17-23)21(25)11-10-19-7-4-3-5-8-19/h3-5,7-8,20H,6,9-18H2,1-2H3/t20-/m1/s1. The number of hydrogen-bond donors (Lipinski definition) is 0. The Bertz CT molecular complexity index is 567. The monoisotopic (exact) mass is 358 g/mol. The van der Waals surface area contributed by atoms with Crippen molar-refractivity contribution in [2.75, 3.05) is 45.9 Å². The Morgan fingerprint density at radius 1 is 1.15 bits per heavy atom. The predicted molar refractivity (Wildman–Crippen MR) is 105 cm³/mol. The molecule has 0 aliphatic carbocycles. The van der Waals surface area contributed by atoms with Gasteiger partial charge in [-0.05, 0) is 45.2 Å². The van der Waals surface area contributed by atoms with E-state index >= 15 is 0 Å². The number of morpholine rings is 1. The smallest absolute Gasteiger partial charge is 0.137 e. The molecule has 3 rings (SSSR count). The second-order valence-corrected chi connectivity index (χ2v) is 8.44. The van der Waals surface area contributed by atoms with Crippen molar-refractivity contribution in [3.05, 3.63) is 35.9 Å². The molecule has 0 radical (unpaired) electrons. The van der Waals surface area contributed by atoms with E-state index in [9.17, 15) is 4.79 Å². The van der Waals surface area contributed by atoms with Crippen LogP contribution in [0.25, 0.3) is 0 Å². The zero-order valence-electron chi connectivity index (χ0n) is 16.5. The zero-order valence-corrected chi connectivity index (χ0v) is 16.5. The Morgan fingerprint density at radius 2 is 1.88 bits per heavy atom. The van der Waals surface area contributed by atoms with Gasteiger partial charge >= 0.3 is 0 Å². The van der Waals surface area contributed by atoms with E-state index in [1.54, 1.807) is 0 Å². The largest absolute Gasteiger partial charge is 0.379 e. The van der Waals surface area contributed by atoms with Gasteiger partial charge in [0.15, 0.2) is 0 Å². The number of carbonyl (C=O) groups excluding carboxylic acids is 1. The van der Waals surface area contributed by atoms with Gasteiger partial charge in [0.1, 0.15) is 5.78 Å². The highest BCUT2D eigenvalue weighted by Gasteiger charge is 2.33. The molecule has 0 unspecified atom stereocenters. The van der Waals surface area contributed by atoms with Crippen LogP contribution < -0.4 is 0 Å². The molecule has 2 heterocycles. The number of likely N-dealkylation sites (tertiary alicyclic amines) is 1. The number of rotatable bonds is 7. The lowest BCUT2D eigenvalue weighted by molar-refractivity contribution is -0.124. The Labute approximate surface area is 158 Å². The highest BCUT2D eigenvalue weighted by atomic mass is 16.5. The van der Waals surface area contributed by atoms with Gasteiger partial charge in [0.05, 0.1) is 13.2 Å². The summed E-state index contributed by atoms with van der Waals surface area (Å²) in [5, 5.41) is 0. The number of nitrogens with zero attached hydrogens (tertiary/aromatic N) is 2. The van der Waals surface area contributed by atoms with Gasteiger partial charge in [0.2, 0.25) is 0 Å². The summed E-state index contributed by atoms with van der Waals surface area (Å²) in [6, 6.07) is 10.4. The number of carbonyl (C=O) groups is 1. The number of Topliss-reactive ketones (excluding diaryl/α,β-unsaturated/α-hetero) is 1. The maximum Gasteiger partial charge on any atom is 0.137 e. The minimum Gasteiger partial charge on any atom is -0.379 e. The van der Waals surface area contributed by atoms with Gasteiger partial charge < -0.3 is 9.64 Å². The number of hydrogen-bond acceptors (Lipinski definition) is 4. The predicted octanol–water partition coefficient (Wildman–Crippen LogP) is 3.01. The molecule has 26 heavy (non-hydrogen) atoms. The molecule has 4 nitrogen and oxygen atoms in total. The highest BCUT2D eigenvalue weighted by molar-refractivity contribution is 5.81. The van der Waals surface area contributed by atoms with Gasteiger partial charge in [-0.2, -0.15) is 0 Å². The van der Waals surface area contributed by atoms with Gasteiger partial charge in [0, 0.05) is 44.1 Å². The third kappa shape index (κ3) is 5.38. The molecule has 2 aliphatic rings. The van der Waals surface area contributed by atoms with Crippen LogP contribution in [0.3, 0.4) is 0 Å². The van der Waals surface area contributed by atoms with E-state index in [0.29, 0.717) is 12.2 Å². The number of ketones is 1. The maximum absolute atomic E-state index is 12.7. The van der Waals surface area contributed by atoms with Crippen molar-refractivity contribution in [2.45, 2.75) is 45.1 Å². The molecule has 0 N–H and O–H groups in total. The molecular formula is C22H34N2O2. The van der Waals surface area contributed by atoms with Crippen molar-refractivity contribution >= 4 is 5.78 Å². The highest BCUT2D eigenvalue weighted by Crippen LogP contribution is 2.24. The van der Waals surface area contributed by atoms with Crippen molar-refractivity contribution in [1.29, 1.82) is 0 Å². The van der Waals surface area contributed by atoms with Crippen LogP contribution in [0.1, 0.15) is 38.7 Å². The molecule has 0 saturated carbocycles. The number of aryl methyl sites for hydroxylation is 1. The maximum atomic E-state index is 12.7. The molecule has 1 aromatic carbocycles. The van der Waals surface area contributed by atoms with Crippen molar-refractivity contribution < 1.29 is 9.53 Å². The number of ether oxygens (including phenoxy) is 1. The van der Waals surface area contributed by atoms with E-state index in [2.05, 4.69) is 47.9 Å². The second kappa shape index (κ2) is 9.12. The van der Waals surface area contributed by atoms with Crippen LogP contribution in [-0.2, 0) is 16.0 Å². The van der Waals surface area contributed by atoms with Crippen molar-refractivity contribution in [3.63, 3.8) is 0 Å². The van der Waals surface area contributed by atoms with Crippen LogP contribution in [0, 0.1) is 5.92 Å². The average molecular weight is 359 g/mol. The van der Waals surface area contributed by atoms with Crippen LogP contribution in [0.4, 0.5) is 0 Å². The molecular weight excluding hydrogens is 324 g/mol. The summed E-state index contributed by atoms with van der Waals surface area (Å²) in [4.78, 5) is 17.8. The lowest BCUT2D eigenvalue weighted by atomic mass is 9.89. The minimum atomic E-state index is 0.138. The third-order valence-electron chi connectivity index (χ3n) is 5.94. The first-order chi connectivity index (χ1) is 12.5. The second-order valence-electron chi connectivity index (χ2n) is 8.44. The topological polar surface area (TPSA) is 32.8 Å². The molecule has 0 spiro atoms. The van der Waals surface area contributed by atoms with E-state index in [1.165, 1.54) is 5.56 Å². The van der Waals surface area contributed by atoms with Gasteiger partial charge in [-0.25, -0.2) is 0 Å². The van der Waals surface area contributed by atoms with Crippen molar-refractivity contribution in [1.82, 2.24) is 9.80 Å². The van der Waals surface area contributed by atoms with Gasteiger partial charge in [-0.3, -0.25) is 9.69 Å². The van der Waals surface area contributed by atoms with Gasteiger partial charge in [0.25, 0.3) is 0 Å². The Hall–Kier alpha value is -1.23. The first kappa shape index (κ1) is 19.5. The summed E-state index contributed by atoms with van der Waals surface area (Å²) >= 11 is 0. The molecule has 144 valence electrons. The average Bonchev–Trinajstić information content (AvgIpc) is 2.67. The Morgan fingerprint density at radius 3 is 2.62 bits per heavy atom. The summed E-state index contributed by atoms with van der Waals surface area (Å²) in [7, 11) is 0. The summed E-state index contributed by atoms with van der Waals surface area (Å²) < 4.78 is 5.50. The normalized spacial score (nSPS) is 23.1. The molecule has 2 saturated heterocycles. The lowest BCUT2D eigenvalue weighted by Crippen LogP contribution is -2.56. The SMILES string of the molecule is CC(C)(CN1CCC[C@@H](C(=O)CCc2ccccc2)C1)N1CCOCC1. The van der Waals surface area contributed by atoms with E-state index in [-0.39, 0.29) is 11.5 Å². The first-order valence-corrected chi connectivity index (χ1v) is 10.2. The number of benzene rings is 1. The van der Waals surface area contributed by atoms with Gasteiger partial charge in [-0.1, -0.05) is 30.3 Å². The summed E-state index contributed by atoms with van der Waals surface area (Å²) in [6.45, 7) is 11.5. The van der Waals surface area contributed by atoms with Crippen LogP contribution in [0.5, 0.6) is 0 Å². The van der Waals surface area contributed by atoms with Crippen molar-refractivity contribution in [3.8, 4) is 0 Å². The zero-order chi connectivity index (χ0) is 18.4. The van der Waals surface area contributed by atoms with Crippen LogP contribution >= 0.6 is 0 Å². The quantitative estimate of drug-likeness (QED) is 0.750. The molecule has 1 atom stereocenters. The minimum absolute atomic E-state index is 0.138. The number of piperidine rings is 1. The molecule has 1 aromatic rings. The van der Waals surface area contributed by atoms with Gasteiger partial charge in [-0.15, -0.1) is 0 Å². The molecule has 2 aliphatic heterocycles. The van der Waals surface area contributed by atoms with Crippen LogP contribution in [-0.4, -0.2) is 67.1 Å². The molecule has 2 fully saturated rings. The fourth-order valence-corrected chi connectivity index (χ4v) is 4.39. The van der Waals surface area contributed by atoms with E-state index in [4.69, 9.17) is 4.74 Å². The van der Waals surface area contributed by atoms with E-state index in [0.717, 1.165) is 65.2 Å². The fourth-order valence-electron chi connectivity index (χ4n) is 4.39. The van der Waals surface area contributed by atoms with E-state index < -0.39 is 0 Å². The molecule has 4 heteroatoms.